The predicted molar refractivity (Wildman–Crippen MR) is 77.4 cm³/mol. The van der Waals surface area contributed by atoms with Gasteiger partial charge in [0.25, 0.3) is 0 Å². The summed E-state index contributed by atoms with van der Waals surface area (Å²) in [6.45, 7) is 5.32. The molecule has 0 bridgehead atoms. The molecule has 3 nitrogen and oxygen atoms in total. The first kappa shape index (κ1) is 14.5. The van der Waals surface area contributed by atoms with Crippen LogP contribution in [0.4, 0.5) is 0 Å². The Labute approximate surface area is 116 Å². The second-order valence-electron chi connectivity index (χ2n) is 5.03. The number of rotatable bonds is 7. The van der Waals surface area contributed by atoms with Crippen LogP contribution < -0.4 is 5.32 Å². The molecule has 1 aromatic rings. The van der Waals surface area contributed by atoms with Crippen LogP contribution in [0, 0.1) is 0 Å². The largest absolute Gasteiger partial charge is 0.376 e. The predicted octanol–water partition coefficient (Wildman–Crippen LogP) is 2.40. The van der Waals surface area contributed by atoms with Gasteiger partial charge in [-0.05, 0) is 31.4 Å². The van der Waals surface area contributed by atoms with Gasteiger partial charge in [0.1, 0.15) is 0 Å². The molecule has 0 saturated carbocycles. The lowest BCUT2D eigenvalue weighted by Crippen LogP contribution is -2.46. The summed E-state index contributed by atoms with van der Waals surface area (Å²) < 4.78 is 11.3. The van der Waals surface area contributed by atoms with E-state index < -0.39 is 0 Å². The van der Waals surface area contributed by atoms with Crippen molar-refractivity contribution in [2.45, 2.75) is 38.3 Å². The van der Waals surface area contributed by atoms with E-state index in [1.807, 2.05) is 0 Å². The minimum atomic E-state index is 0.212. The highest BCUT2D eigenvalue weighted by atomic mass is 16.6. The zero-order valence-electron chi connectivity index (χ0n) is 11.8. The van der Waals surface area contributed by atoms with Crippen molar-refractivity contribution in [1.29, 1.82) is 0 Å². The van der Waals surface area contributed by atoms with Crippen LogP contribution in [0.2, 0.25) is 0 Å². The summed E-state index contributed by atoms with van der Waals surface area (Å²) in [4.78, 5) is 0. The SMILES string of the molecule is CCNC(CCCc1ccccc1)C1COCCO1. The van der Waals surface area contributed by atoms with Crippen LogP contribution in [0.25, 0.3) is 0 Å². The lowest BCUT2D eigenvalue weighted by Gasteiger charge is -2.31. The Morgan fingerprint density at radius 3 is 2.79 bits per heavy atom. The molecule has 2 atom stereocenters. The minimum absolute atomic E-state index is 0.212. The molecule has 0 aliphatic carbocycles. The third kappa shape index (κ3) is 4.94. The monoisotopic (exact) mass is 263 g/mol. The number of aryl methyl sites for hydroxylation is 1. The van der Waals surface area contributed by atoms with Gasteiger partial charge in [-0.2, -0.15) is 0 Å². The topological polar surface area (TPSA) is 30.5 Å². The molecule has 0 amide bonds. The van der Waals surface area contributed by atoms with Gasteiger partial charge in [-0.15, -0.1) is 0 Å². The van der Waals surface area contributed by atoms with Crippen molar-refractivity contribution in [3.8, 4) is 0 Å². The van der Waals surface area contributed by atoms with Crippen LogP contribution in [0.5, 0.6) is 0 Å². The summed E-state index contributed by atoms with van der Waals surface area (Å²) in [6.07, 6.45) is 3.67. The van der Waals surface area contributed by atoms with E-state index in [1.54, 1.807) is 0 Å². The molecule has 106 valence electrons. The van der Waals surface area contributed by atoms with Gasteiger partial charge in [0.05, 0.1) is 25.9 Å². The molecular weight excluding hydrogens is 238 g/mol. The van der Waals surface area contributed by atoms with Crippen LogP contribution >= 0.6 is 0 Å². The summed E-state index contributed by atoms with van der Waals surface area (Å²) in [6, 6.07) is 11.1. The standard InChI is InChI=1S/C16H25NO2/c1-2-17-15(16-13-18-11-12-19-16)10-6-9-14-7-4-3-5-8-14/h3-5,7-8,15-17H,2,6,9-13H2,1H3. The van der Waals surface area contributed by atoms with Crippen LogP contribution in [-0.2, 0) is 15.9 Å². The zero-order chi connectivity index (χ0) is 13.3. The van der Waals surface area contributed by atoms with Crippen molar-refractivity contribution >= 4 is 0 Å². The number of ether oxygens (including phenoxy) is 2. The van der Waals surface area contributed by atoms with Gasteiger partial charge in [0.2, 0.25) is 0 Å². The summed E-state index contributed by atoms with van der Waals surface area (Å²) in [7, 11) is 0. The van der Waals surface area contributed by atoms with Crippen LogP contribution in [-0.4, -0.2) is 38.5 Å². The van der Waals surface area contributed by atoms with Gasteiger partial charge in [-0.1, -0.05) is 37.3 Å². The number of likely N-dealkylation sites (N-methyl/N-ethyl adjacent to an activating group) is 1. The van der Waals surface area contributed by atoms with Crippen molar-refractivity contribution in [2.24, 2.45) is 0 Å². The molecule has 3 heteroatoms. The normalized spacial score (nSPS) is 21.2. The first-order valence-electron chi connectivity index (χ1n) is 7.37. The van der Waals surface area contributed by atoms with Gasteiger partial charge in [0, 0.05) is 6.04 Å². The Balaban J connectivity index is 1.76. The molecule has 0 spiro atoms. The summed E-state index contributed by atoms with van der Waals surface area (Å²) in [5.41, 5.74) is 1.42. The number of hydrogen-bond donors (Lipinski definition) is 1. The average molecular weight is 263 g/mol. The lowest BCUT2D eigenvalue weighted by atomic mass is 10.0. The fourth-order valence-corrected chi connectivity index (χ4v) is 2.59. The molecular formula is C16H25NO2. The number of benzene rings is 1. The maximum atomic E-state index is 5.81. The number of hydrogen-bond acceptors (Lipinski definition) is 3. The lowest BCUT2D eigenvalue weighted by molar-refractivity contribution is -0.102. The Hall–Kier alpha value is -0.900. The summed E-state index contributed by atoms with van der Waals surface area (Å²) in [5.74, 6) is 0. The summed E-state index contributed by atoms with van der Waals surface area (Å²) in [5, 5.41) is 3.53. The molecule has 1 aliphatic rings. The van der Waals surface area contributed by atoms with Crippen molar-refractivity contribution in [3.63, 3.8) is 0 Å². The second kappa shape index (κ2) is 8.31. The Morgan fingerprint density at radius 2 is 2.11 bits per heavy atom. The Kier molecular flexibility index (Phi) is 6.34. The van der Waals surface area contributed by atoms with Gasteiger partial charge in [-0.25, -0.2) is 0 Å². The van der Waals surface area contributed by atoms with Crippen LogP contribution in [0.15, 0.2) is 30.3 Å². The molecule has 2 unspecified atom stereocenters. The van der Waals surface area contributed by atoms with E-state index in [9.17, 15) is 0 Å². The molecule has 1 saturated heterocycles. The highest BCUT2D eigenvalue weighted by Gasteiger charge is 2.23. The van der Waals surface area contributed by atoms with Crippen molar-refractivity contribution in [1.82, 2.24) is 5.32 Å². The first-order valence-corrected chi connectivity index (χ1v) is 7.37. The minimum Gasteiger partial charge on any atom is -0.376 e. The first-order chi connectivity index (χ1) is 9.40. The van der Waals surface area contributed by atoms with Gasteiger partial charge >= 0.3 is 0 Å². The highest BCUT2D eigenvalue weighted by molar-refractivity contribution is 5.14. The van der Waals surface area contributed by atoms with E-state index in [-0.39, 0.29) is 6.10 Å². The molecule has 1 fully saturated rings. The zero-order valence-corrected chi connectivity index (χ0v) is 11.8. The van der Waals surface area contributed by atoms with Crippen molar-refractivity contribution in [3.05, 3.63) is 35.9 Å². The third-order valence-electron chi connectivity index (χ3n) is 3.58. The fraction of sp³-hybridized carbons (Fsp3) is 0.625. The van der Waals surface area contributed by atoms with E-state index in [2.05, 4.69) is 42.6 Å². The van der Waals surface area contributed by atoms with E-state index in [0.717, 1.165) is 39.2 Å². The van der Waals surface area contributed by atoms with Crippen molar-refractivity contribution < 1.29 is 9.47 Å². The van der Waals surface area contributed by atoms with Crippen LogP contribution in [0.3, 0.4) is 0 Å². The maximum Gasteiger partial charge on any atom is 0.0962 e. The Bertz CT molecular complexity index is 336. The molecule has 0 radical (unpaired) electrons. The molecule has 0 aromatic heterocycles. The van der Waals surface area contributed by atoms with Gasteiger partial charge in [-0.3, -0.25) is 0 Å². The Morgan fingerprint density at radius 1 is 1.26 bits per heavy atom. The van der Waals surface area contributed by atoms with E-state index in [4.69, 9.17) is 9.47 Å². The van der Waals surface area contributed by atoms with Crippen molar-refractivity contribution in [2.75, 3.05) is 26.4 Å². The summed E-state index contributed by atoms with van der Waals surface area (Å²) >= 11 is 0. The van der Waals surface area contributed by atoms with E-state index in [0.29, 0.717) is 6.04 Å². The smallest absolute Gasteiger partial charge is 0.0962 e. The molecule has 1 N–H and O–H groups in total. The number of nitrogens with one attached hydrogen (secondary N) is 1. The molecule has 1 aliphatic heterocycles. The quantitative estimate of drug-likeness (QED) is 0.819. The molecule has 2 rings (SSSR count). The fourth-order valence-electron chi connectivity index (χ4n) is 2.59. The highest BCUT2D eigenvalue weighted by Crippen LogP contribution is 2.13. The van der Waals surface area contributed by atoms with E-state index >= 15 is 0 Å². The van der Waals surface area contributed by atoms with Gasteiger partial charge < -0.3 is 14.8 Å². The molecule has 1 aromatic carbocycles. The molecule has 1 heterocycles. The maximum absolute atomic E-state index is 5.81. The van der Waals surface area contributed by atoms with E-state index in [1.165, 1.54) is 12.0 Å². The van der Waals surface area contributed by atoms with Gasteiger partial charge in [0.15, 0.2) is 0 Å². The second-order valence-corrected chi connectivity index (χ2v) is 5.03. The third-order valence-corrected chi connectivity index (χ3v) is 3.58. The molecule has 19 heavy (non-hydrogen) atoms. The van der Waals surface area contributed by atoms with Crippen LogP contribution in [0.1, 0.15) is 25.3 Å². The average Bonchev–Trinajstić information content (AvgIpc) is 2.48.